The van der Waals surface area contributed by atoms with E-state index in [-0.39, 0.29) is 23.7 Å². The predicted molar refractivity (Wildman–Crippen MR) is 81.6 cm³/mol. The highest BCUT2D eigenvalue weighted by Crippen LogP contribution is 2.43. The number of phenolic OH excluding ortho intramolecular Hbond substituents is 2. The molecule has 0 saturated heterocycles. The maximum atomic E-state index is 10.2. The van der Waals surface area contributed by atoms with E-state index < -0.39 is 0 Å². The van der Waals surface area contributed by atoms with Crippen LogP contribution in [0.1, 0.15) is 49.3 Å². The van der Waals surface area contributed by atoms with Gasteiger partial charge >= 0.3 is 0 Å². The van der Waals surface area contributed by atoms with Crippen LogP contribution in [-0.4, -0.2) is 29.9 Å². The Labute approximate surface area is 126 Å². The maximum Gasteiger partial charge on any atom is 0.161 e. The lowest BCUT2D eigenvalue weighted by atomic mass is 9.80. The zero-order valence-electron chi connectivity index (χ0n) is 12.6. The van der Waals surface area contributed by atoms with Crippen molar-refractivity contribution in [1.29, 1.82) is 0 Å². The molecular formula is C17H25NO3. The summed E-state index contributed by atoms with van der Waals surface area (Å²) in [5.74, 6) is 0.590. The molecule has 1 fully saturated rings. The number of benzene rings is 1. The zero-order chi connectivity index (χ0) is 14.8. The fraction of sp³-hybridized carbons (Fsp3) is 0.647. The molecular weight excluding hydrogens is 266 g/mol. The summed E-state index contributed by atoms with van der Waals surface area (Å²) in [5, 5.41) is 23.2. The molecule has 0 spiro atoms. The summed E-state index contributed by atoms with van der Waals surface area (Å²) in [5.41, 5.74) is 1.88. The van der Waals surface area contributed by atoms with Gasteiger partial charge in [0, 0.05) is 18.5 Å². The first kappa shape index (κ1) is 14.7. The highest BCUT2D eigenvalue weighted by atomic mass is 16.5. The van der Waals surface area contributed by atoms with Crippen LogP contribution >= 0.6 is 0 Å². The molecule has 4 nitrogen and oxygen atoms in total. The fourth-order valence-electron chi connectivity index (χ4n) is 3.82. The largest absolute Gasteiger partial charge is 0.504 e. The van der Waals surface area contributed by atoms with E-state index in [4.69, 9.17) is 4.74 Å². The second kappa shape index (κ2) is 6.24. The Morgan fingerprint density at radius 3 is 2.67 bits per heavy atom. The molecule has 0 aromatic heterocycles. The highest BCUT2D eigenvalue weighted by molar-refractivity contribution is 5.51. The minimum absolute atomic E-state index is 0.0266. The van der Waals surface area contributed by atoms with E-state index >= 15 is 0 Å². The molecule has 1 heterocycles. The van der Waals surface area contributed by atoms with Gasteiger partial charge in [-0.2, -0.15) is 0 Å². The van der Waals surface area contributed by atoms with E-state index in [1.165, 1.54) is 32.1 Å². The van der Waals surface area contributed by atoms with Crippen molar-refractivity contribution in [2.24, 2.45) is 5.92 Å². The molecule has 0 bridgehead atoms. The molecule has 2 aliphatic rings. The van der Waals surface area contributed by atoms with Crippen LogP contribution < -0.4 is 5.32 Å². The average molecular weight is 291 g/mol. The summed E-state index contributed by atoms with van der Waals surface area (Å²) in [7, 11) is 1.91. The second-order valence-corrected chi connectivity index (χ2v) is 6.32. The minimum atomic E-state index is -0.0443. The number of fused-ring (bicyclic) bond motifs is 1. The van der Waals surface area contributed by atoms with Gasteiger partial charge in [-0.1, -0.05) is 25.3 Å². The molecule has 4 heteroatoms. The summed E-state index contributed by atoms with van der Waals surface area (Å²) in [6.07, 6.45) is 7.13. The first-order valence-electron chi connectivity index (χ1n) is 8.04. The van der Waals surface area contributed by atoms with Gasteiger partial charge in [0.15, 0.2) is 11.5 Å². The van der Waals surface area contributed by atoms with E-state index in [9.17, 15) is 10.2 Å². The Morgan fingerprint density at radius 1 is 1.19 bits per heavy atom. The van der Waals surface area contributed by atoms with Crippen LogP contribution in [0.3, 0.4) is 0 Å². The number of hydrogen-bond acceptors (Lipinski definition) is 4. The molecule has 0 radical (unpaired) electrons. The van der Waals surface area contributed by atoms with Gasteiger partial charge in [0.25, 0.3) is 0 Å². The van der Waals surface area contributed by atoms with Gasteiger partial charge in [0.1, 0.15) is 0 Å². The lowest BCUT2D eigenvalue weighted by Gasteiger charge is -2.38. The van der Waals surface area contributed by atoms with E-state index in [0.717, 1.165) is 17.7 Å². The molecule has 3 rings (SSSR count). The minimum Gasteiger partial charge on any atom is -0.504 e. The van der Waals surface area contributed by atoms with Crippen LogP contribution in [0.2, 0.25) is 0 Å². The molecule has 1 aromatic carbocycles. The lowest BCUT2D eigenvalue weighted by Crippen LogP contribution is -2.36. The van der Waals surface area contributed by atoms with Crippen LogP contribution in [0.5, 0.6) is 11.5 Å². The van der Waals surface area contributed by atoms with Gasteiger partial charge in [-0.15, -0.1) is 0 Å². The molecule has 0 unspecified atom stereocenters. The van der Waals surface area contributed by atoms with Crippen LogP contribution in [0, 0.1) is 5.92 Å². The van der Waals surface area contributed by atoms with Gasteiger partial charge in [0.2, 0.25) is 0 Å². The topological polar surface area (TPSA) is 61.7 Å². The number of likely N-dealkylation sites (N-methyl/N-ethyl adjacent to an activating group) is 1. The summed E-state index contributed by atoms with van der Waals surface area (Å²) < 4.78 is 6.33. The number of ether oxygens (including phenoxy) is 1. The van der Waals surface area contributed by atoms with Gasteiger partial charge < -0.3 is 20.3 Å². The summed E-state index contributed by atoms with van der Waals surface area (Å²) >= 11 is 0. The number of hydrogen-bond donors (Lipinski definition) is 3. The van der Waals surface area contributed by atoms with Gasteiger partial charge in [-0.05, 0) is 37.4 Å². The van der Waals surface area contributed by atoms with E-state index in [1.807, 2.05) is 13.1 Å². The number of aromatic hydroxyl groups is 2. The molecule has 1 aliphatic carbocycles. The average Bonchev–Trinajstić information content (AvgIpc) is 2.52. The molecule has 3 N–H and O–H groups in total. The van der Waals surface area contributed by atoms with Crippen molar-refractivity contribution in [1.82, 2.24) is 5.32 Å². The molecule has 0 amide bonds. The van der Waals surface area contributed by atoms with Gasteiger partial charge in [-0.3, -0.25) is 0 Å². The molecule has 116 valence electrons. The van der Waals surface area contributed by atoms with Crippen molar-refractivity contribution in [3.05, 3.63) is 23.3 Å². The van der Waals surface area contributed by atoms with Crippen LogP contribution in [0.25, 0.3) is 0 Å². The second-order valence-electron chi connectivity index (χ2n) is 6.32. The van der Waals surface area contributed by atoms with Crippen LogP contribution in [0.4, 0.5) is 0 Å². The van der Waals surface area contributed by atoms with Crippen LogP contribution in [-0.2, 0) is 11.2 Å². The normalized spacial score (nSPS) is 26.5. The van der Waals surface area contributed by atoms with E-state index in [1.54, 1.807) is 6.07 Å². The Balaban J connectivity index is 1.89. The van der Waals surface area contributed by atoms with E-state index in [0.29, 0.717) is 12.3 Å². The number of rotatable bonds is 3. The number of phenols is 2. The van der Waals surface area contributed by atoms with Crippen LogP contribution in [0.15, 0.2) is 12.1 Å². The summed E-state index contributed by atoms with van der Waals surface area (Å²) in [6.45, 7) is 0.723. The third kappa shape index (κ3) is 2.87. The van der Waals surface area contributed by atoms with Crippen molar-refractivity contribution in [3.63, 3.8) is 0 Å². The third-order valence-corrected chi connectivity index (χ3v) is 4.95. The van der Waals surface area contributed by atoms with Crippen molar-refractivity contribution >= 4 is 0 Å². The first-order valence-corrected chi connectivity index (χ1v) is 8.04. The first-order chi connectivity index (χ1) is 10.2. The Morgan fingerprint density at radius 2 is 1.95 bits per heavy atom. The molecule has 1 aliphatic heterocycles. The lowest BCUT2D eigenvalue weighted by molar-refractivity contribution is -0.0620. The standard InChI is InChI=1S/C17H25NO3/c1-18-10-16-12-7-8-14(19)17(20)13(12)9-15(21-16)11-5-3-2-4-6-11/h7-8,11,15-16,18-20H,2-6,9-10H2,1H3/t15-,16-/m0/s1. The maximum absolute atomic E-state index is 10.2. The zero-order valence-corrected chi connectivity index (χ0v) is 12.6. The molecule has 2 atom stereocenters. The quantitative estimate of drug-likeness (QED) is 0.749. The molecule has 1 aromatic rings. The Bertz CT molecular complexity index is 497. The monoisotopic (exact) mass is 291 g/mol. The van der Waals surface area contributed by atoms with Crippen molar-refractivity contribution in [2.45, 2.75) is 50.7 Å². The number of nitrogens with one attached hydrogen (secondary N) is 1. The molecule has 21 heavy (non-hydrogen) atoms. The van der Waals surface area contributed by atoms with Crippen molar-refractivity contribution < 1.29 is 14.9 Å². The summed E-state index contributed by atoms with van der Waals surface area (Å²) in [6, 6.07) is 3.44. The van der Waals surface area contributed by atoms with Gasteiger partial charge in [-0.25, -0.2) is 0 Å². The third-order valence-electron chi connectivity index (χ3n) is 4.95. The molecule has 1 saturated carbocycles. The van der Waals surface area contributed by atoms with Gasteiger partial charge in [0.05, 0.1) is 12.2 Å². The summed E-state index contributed by atoms with van der Waals surface area (Å²) in [4.78, 5) is 0. The van der Waals surface area contributed by atoms with Crippen molar-refractivity contribution in [3.8, 4) is 11.5 Å². The smallest absolute Gasteiger partial charge is 0.161 e. The highest BCUT2D eigenvalue weighted by Gasteiger charge is 2.34. The van der Waals surface area contributed by atoms with E-state index in [2.05, 4.69) is 5.32 Å². The Kier molecular flexibility index (Phi) is 4.36. The SMILES string of the molecule is CNC[C@@H]1O[C@H](C2CCCCC2)Cc2c1ccc(O)c2O. The Hall–Kier alpha value is -1.26. The fourth-order valence-corrected chi connectivity index (χ4v) is 3.82. The van der Waals surface area contributed by atoms with Crippen molar-refractivity contribution in [2.75, 3.05) is 13.6 Å². The predicted octanol–water partition coefficient (Wildman–Crippen LogP) is 2.88.